The number of halogens is 1. The molecule has 9 heteroatoms. The molecule has 3 aromatic rings. The predicted molar refractivity (Wildman–Crippen MR) is 139 cm³/mol. The number of amides is 1. The fourth-order valence-corrected chi connectivity index (χ4v) is 6.64. The topological polar surface area (TPSA) is 82.6 Å². The van der Waals surface area contributed by atoms with E-state index < -0.39 is 10.0 Å². The van der Waals surface area contributed by atoms with Crippen LogP contribution in [0.5, 0.6) is 0 Å². The van der Waals surface area contributed by atoms with E-state index >= 15 is 0 Å². The largest absolute Gasteiger partial charge is 0.356 e. The van der Waals surface area contributed by atoms with Crippen LogP contribution in [0.2, 0.25) is 0 Å². The Labute approximate surface area is 211 Å². The molecule has 1 atom stereocenters. The van der Waals surface area contributed by atoms with Crippen molar-refractivity contribution in [1.29, 1.82) is 0 Å². The smallest absolute Gasteiger partial charge is 0.243 e. The van der Waals surface area contributed by atoms with Gasteiger partial charge in [0.05, 0.1) is 16.3 Å². The standard InChI is InChI=1S/C27H31FN4O3S/c1-19-16-22(28)8-10-24(19)30-27(33)21-6-5-13-31(18-21)26-12-7-20-17-23(9-11-25(20)29-26)36(34,35)32-14-3-2-4-15-32/h7-12,16-17,21H,2-6,13-15,18H2,1H3,(H,30,33)/t21-/m0/s1. The van der Waals surface area contributed by atoms with Crippen LogP contribution in [0.15, 0.2) is 53.4 Å². The maximum Gasteiger partial charge on any atom is 0.243 e. The first-order chi connectivity index (χ1) is 17.3. The summed E-state index contributed by atoms with van der Waals surface area (Å²) in [5.41, 5.74) is 2.03. The SMILES string of the molecule is Cc1cc(F)ccc1NC(=O)[C@H]1CCCN(c2ccc3cc(S(=O)(=O)N4CCCCC4)ccc3n2)C1. The van der Waals surface area contributed by atoms with Gasteiger partial charge in [0.1, 0.15) is 11.6 Å². The third-order valence-electron chi connectivity index (χ3n) is 7.16. The van der Waals surface area contributed by atoms with Gasteiger partial charge < -0.3 is 10.2 Å². The first-order valence-electron chi connectivity index (χ1n) is 12.5. The third kappa shape index (κ3) is 5.08. The number of hydrogen-bond donors (Lipinski definition) is 1. The zero-order valence-electron chi connectivity index (χ0n) is 20.4. The summed E-state index contributed by atoms with van der Waals surface area (Å²) in [6.07, 6.45) is 4.49. The fourth-order valence-electron chi connectivity index (χ4n) is 5.09. The van der Waals surface area contributed by atoms with E-state index in [1.165, 1.54) is 12.1 Å². The second-order valence-electron chi connectivity index (χ2n) is 9.72. The minimum Gasteiger partial charge on any atom is -0.356 e. The molecule has 1 N–H and O–H groups in total. The van der Waals surface area contributed by atoms with Crippen molar-refractivity contribution in [1.82, 2.24) is 9.29 Å². The van der Waals surface area contributed by atoms with Crippen LogP contribution in [0.4, 0.5) is 15.9 Å². The van der Waals surface area contributed by atoms with E-state index in [1.54, 1.807) is 35.5 Å². The van der Waals surface area contributed by atoms with Crippen molar-refractivity contribution in [3.8, 4) is 0 Å². The minimum atomic E-state index is -3.50. The average molecular weight is 511 g/mol. The third-order valence-corrected chi connectivity index (χ3v) is 9.06. The summed E-state index contributed by atoms with van der Waals surface area (Å²) in [5.74, 6) is 0.151. The van der Waals surface area contributed by atoms with E-state index in [4.69, 9.17) is 4.98 Å². The second kappa shape index (κ2) is 10.1. The van der Waals surface area contributed by atoms with Gasteiger partial charge in [-0.25, -0.2) is 17.8 Å². The number of aryl methyl sites for hydroxylation is 1. The lowest BCUT2D eigenvalue weighted by Crippen LogP contribution is -2.41. The summed E-state index contributed by atoms with van der Waals surface area (Å²) in [7, 11) is -3.50. The molecule has 0 unspecified atom stereocenters. The zero-order chi connectivity index (χ0) is 25.3. The number of nitrogens with one attached hydrogen (secondary N) is 1. The molecule has 0 saturated carbocycles. The summed E-state index contributed by atoms with van der Waals surface area (Å²) < 4.78 is 41.1. The normalized spacial score (nSPS) is 19.4. The Morgan fingerprint density at radius 2 is 1.81 bits per heavy atom. The highest BCUT2D eigenvalue weighted by atomic mass is 32.2. The van der Waals surface area contributed by atoms with Gasteiger partial charge >= 0.3 is 0 Å². The van der Waals surface area contributed by atoms with E-state index in [2.05, 4.69) is 10.2 Å². The number of fused-ring (bicyclic) bond motifs is 1. The van der Waals surface area contributed by atoms with Gasteiger partial charge in [-0.1, -0.05) is 6.42 Å². The summed E-state index contributed by atoms with van der Waals surface area (Å²) in [5, 5.41) is 3.72. The van der Waals surface area contributed by atoms with Crippen LogP contribution >= 0.6 is 0 Å². The lowest BCUT2D eigenvalue weighted by Gasteiger charge is -2.33. The molecular formula is C27H31FN4O3S. The lowest BCUT2D eigenvalue weighted by atomic mass is 9.96. The summed E-state index contributed by atoms with van der Waals surface area (Å²) in [6, 6.07) is 13.2. The molecular weight excluding hydrogens is 479 g/mol. The zero-order valence-corrected chi connectivity index (χ0v) is 21.2. The van der Waals surface area contributed by atoms with Gasteiger partial charge in [0.15, 0.2) is 0 Å². The number of hydrogen-bond acceptors (Lipinski definition) is 5. The van der Waals surface area contributed by atoms with Crippen molar-refractivity contribution in [2.24, 2.45) is 5.92 Å². The molecule has 2 aliphatic rings. The monoisotopic (exact) mass is 510 g/mol. The number of sulfonamides is 1. The molecule has 2 saturated heterocycles. The van der Waals surface area contributed by atoms with Gasteiger partial charge in [-0.2, -0.15) is 4.31 Å². The molecule has 190 valence electrons. The molecule has 2 aromatic carbocycles. The van der Waals surface area contributed by atoms with Gasteiger partial charge in [-0.3, -0.25) is 4.79 Å². The number of anilines is 2. The van der Waals surface area contributed by atoms with Gasteiger partial charge in [-0.15, -0.1) is 0 Å². The molecule has 36 heavy (non-hydrogen) atoms. The van der Waals surface area contributed by atoms with Crippen molar-refractivity contribution in [2.45, 2.75) is 43.9 Å². The molecule has 0 radical (unpaired) electrons. The van der Waals surface area contributed by atoms with Gasteiger partial charge in [0.2, 0.25) is 15.9 Å². The Kier molecular flexibility index (Phi) is 6.94. The summed E-state index contributed by atoms with van der Waals surface area (Å²) >= 11 is 0. The number of piperidine rings is 2. The molecule has 2 fully saturated rings. The van der Waals surface area contributed by atoms with Gasteiger partial charge in [0, 0.05) is 37.3 Å². The first kappa shape index (κ1) is 24.6. The second-order valence-corrected chi connectivity index (χ2v) is 11.7. The quantitative estimate of drug-likeness (QED) is 0.538. The van der Waals surface area contributed by atoms with Gasteiger partial charge in [-0.05, 0) is 86.7 Å². The predicted octanol–water partition coefficient (Wildman–Crippen LogP) is 4.71. The Morgan fingerprint density at radius 1 is 1.00 bits per heavy atom. The van der Waals surface area contributed by atoms with Crippen LogP contribution in [0, 0.1) is 18.7 Å². The van der Waals surface area contributed by atoms with Crippen molar-refractivity contribution in [2.75, 3.05) is 36.4 Å². The van der Waals surface area contributed by atoms with E-state index in [-0.39, 0.29) is 17.6 Å². The molecule has 0 aliphatic carbocycles. The number of rotatable bonds is 5. The number of nitrogens with zero attached hydrogens (tertiary/aromatic N) is 3. The first-order valence-corrected chi connectivity index (χ1v) is 14.0. The van der Waals surface area contributed by atoms with Gasteiger partial charge in [0.25, 0.3) is 0 Å². The van der Waals surface area contributed by atoms with Crippen LogP contribution in [0.25, 0.3) is 10.9 Å². The number of carbonyl (C=O) groups excluding carboxylic acids is 1. The highest BCUT2D eigenvalue weighted by Gasteiger charge is 2.28. The van der Waals surface area contributed by atoms with E-state index in [9.17, 15) is 17.6 Å². The van der Waals surface area contributed by atoms with Crippen molar-refractivity contribution in [3.05, 3.63) is 59.9 Å². The van der Waals surface area contributed by atoms with Crippen molar-refractivity contribution in [3.63, 3.8) is 0 Å². The molecule has 1 aromatic heterocycles. The molecule has 3 heterocycles. The fraction of sp³-hybridized carbons (Fsp3) is 0.407. The van der Waals surface area contributed by atoms with E-state index in [1.807, 2.05) is 12.1 Å². The van der Waals surface area contributed by atoms with Crippen LogP contribution in [0.3, 0.4) is 0 Å². The molecule has 1 amide bonds. The Hall–Kier alpha value is -3.04. The van der Waals surface area contributed by atoms with Crippen LogP contribution in [0.1, 0.15) is 37.7 Å². The van der Waals surface area contributed by atoms with Crippen molar-refractivity contribution >= 4 is 38.3 Å². The highest BCUT2D eigenvalue weighted by Crippen LogP contribution is 2.28. The van der Waals surface area contributed by atoms with E-state index in [0.717, 1.165) is 55.4 Å². The van der Waals surface area contributed by atoms with Crippen LogP contribution < -0.4 is 10.2 Å². The highest BCUT2D eigenvalue weighted by molar-refractivity contribution is 7.89. The average Bonchev–Trinajstić information content (AvgIpc) is 2.90. The summed E-state index contributed by atoms with van der Waals surface area (Å²) in [4.78, 5) is 20.1. The maximum absolute atomic E-state index is 13.4. The number of aromatic nitrogens is 1. The number of pyridine rings is 1. The lowest BCUT2D eigenvalue weighted by molar-refractivity contribution is -0.120. The molecule has 5 rings (SSSR count). The molecule has 7 nitrogen and oxygen atoms in total. The Bertz CT molecular complexity index is 1390. The molecule has 2 aliphatic heterocycles. The van der Waals surface area contributed by atoms with Crippen LogP contribution in [-0.2, 0) is 14.8 Å². The molecule has 0 bridgehead atoms. The Balaban J connectivity index is 1.31. The molecule has 0 spiro atoms. The number of benzene rings is 2. The minimum absolute atomic E-state index is 0.0808. The maximum atomic E-state index is 13.4. The number of carbonyl (C=O) groups is 1. The van der Waals surface area contributed by atoms with E-state index in [0.29, 0.717) is 35.8 Å². The van der Waals surface area contributed by atoms with Crippen LogP contribution in [-0.4, -0.2) is 49.8 Å². The van der Waals surface area contributed by atoms with Crippen molar-refractivity contribution < 1.29 is 17.6 Å². The Morgan fingerprint density at radius 3 is 2.58 bits per heavy atom. The summed E-state index contributed by atoms with van der Waals surface area (Å²) in [6.45, 7) is 4.24.